The average Bonchev–Trinajstić information content (AvgIpc) is 3.27. The van der Waals surface area contributed by atoms with Crippen molar-refractivity contribution in [1.82, 2.24) is 10.3 Å². The number of rotatable bonds is 7. The third-order valence-corrected chi connectivity index (χ3v) is 7.38. The highest BCUT2D eigenvalue weighted by molar-refractivity contribution is 7.93. The molecule has 2 N–H and O–H groups in total. The number of amides is 1. The molecule has 4 rings (SSSR count). The zero-order valence-electron chi connectivity index (χ0n) is 18.4. The van der Waals surface area contributed by atoms with Gasteiger partial charge in [0.15, 0.2) is 0 Å². The molecular weight excluding hydrogens is 474 g/mol. The van der Waals surface area contributed by atoms with Gasteiger partial charge in [0.2, 0.25) is 0 Å². The van der Waals surface area contributed by atoms with Gasteiger partial charge in [-0.15, -0.1) is 11.3 Å². The zero-order chi connectivity index (χ0) is 24.3. The molecule has 0 saturated heterocycles. The highest BCUT2D eigenvalue weighted by Crippen LogP contribution is 2.25. The Morgan fingerprint density at radius 1 is 1.06 bits per heavy atom. The summed E-state index contributed by atoms with van der Waals surface area (Å²) >= 11 is 1.37. The lowest BCUT2D eigenvalue weighted by atomic mass is 10.1. The van der Waals surface area contributed by atoms with Gasteiger partial charge in [0.1, 0.15) is 4.90 Å². The number of para-hydroxylation sites is 1. The summed E-state index contributed by atoms with van der Waals surface area (Å²) in [6, 6.07) is 16.4. The van der Waals surface area contributed by atoms with Crippen molar-refractivity contribution in [2.45, 2.75) is 18.4 Å². The van der Waals surface area contributed by atoms with E-state index in [2.05, 4.69) is 15.0 Å². The van der Waals surface area contributed by atoms with Gasteiger partial charge in [-0.1, -0.05) is 18.2 Å². The number of carbonyl (C=O) groups excluding carboxylic acids is 2. The number of hydrogen-bond acceptors (Lipinski definition) is 7. The van der Waals surface area contributed by atoms with Crippen LogP contribution in [0.5, 0.6) is 0 Å². The van der Waals surface area contributed by atoms with Crippen LogP contribution in [0.15, 0.2) is 71.8 Å². The molecule has 2 heterocycles. The zero-order valence-corrected chi connectivity index (χ0v) is 20.0. The molecule has 0 atom stereocenters. The Bertz CT molecular complexity index is 1490. The fourth-order valence-electron chi connectivity index (χ4n) is 3.42. The molecule has 4 aromatic rings. The molecule has 174 valence electrons. The number of sulfonamides is 1. The summed E-state index contributed by atoms with van der Waals surface area (Å²) in [5, 5.41) is 3.47. The Morgan fingerprint density at radius 3 is 2.59 bits per heavy atom. The lowest BCUT2D eigenvalue weighted by molar-refractivity contribution is 0.0600. The number of fused-ring (bicyclic) bond motifs is 1. The van der Waals surface area contributed by atoms with Gasteiger partial charge in [0.25, 0.3) is 15.9 Å². The number of aromatic nitrogens is 1. The molecule has 0 fully saturated rings. The van der Waals surface area contributed by atoms with E-state index < -0.39 is 16.0 Å². The largest absolute Gasteiger partial charge is 0.465 e. The number of esters is 1. The minimum atomic E-state index is -4.03. The van der Waals surface area contributed by atoms with E-state index in [1.54, 1.807) is 42.5 Å². The summed E-state index contributed by atoms with van der Waals surface area (Å²) in [6.07, 6.45) is 1.52. The Morgan fingerprint density at radius 2 is 1.85 bits per heavy atom. The molecule has 0 bridgehead atoms. The van der Waals surface area contributed by atoms with Gasteiger partial charge < -0.3 is 10.1 Å². The number of methoxy groups -OCH3 is 1. The molecule has 0 aliphatic carbocycles. The molecule has 34 heavy (non-hydrogen) atoms. The van der Waals surface area contributed by atoms with Crippen molar-refractivity contribution in [1.29, 1.82) is 0 Å². The maximum Gasteiger partial charge on any atom is 0.337 e. The lowest BCUT2D eigenvalue weighted by Crippen LogP contribution is -2.22. The summed E-state index contributed by atoms with van der Waals surface area (Å²) in [6.45, 7) is 2.00. The number of thiophene rings is 1. The van der Waals surface area contributed by atoms with E-state index >= 15 is 0 Å². The Kier molecular flexibility index (Phi) is 6.62. The van der Waals surface area contributed by atoms with Crippen LogP contribution in [-0.4, -0.2) is 32.4 Å². The van der Waals surface area contributed by atoms with Crippen LogP contribution in [0.2, 0.25) is 0 Å². The fraction of sp³-hybridized carbons (Fsp3) is 0.125. The number of anilines is 1. The molecule has 2 aromatic carbocycles. The monoisotopic (exact) mass is 495 g/mol. The first-order chi connectivity index (χ1) is 16.3. The first-order valence-electron chi connectivity index (χ1n) is 10.2. The highest BCUT2D eigenvalue weighted by Gasteiger charge is 2.20. The molecule has 0 radical (unpaired) electrons. The van der Waals surface area contributed by atoms with Crippen LogP contribution in [-0.2, 0) is 21.3 Å². The van der Waals surface area contributed by atoms with Gasteiger partial charge in [-0.25, -0.2) is 13.2 Å². The van der Waals surface area contributed by atoms with Crippen LogP contribution in [0.25, 0.3) is 10.9 Å². The number of benzene rings is 2. The molecule has 10 heteroatoms. The van der Waals surface area contributed by atoms with E-state index in [0.29, 0.717) is 21.3 Å². The van der Waals surface area contributed by atoms with Crippen molar-refractivity contribution in [3.63, 3.8) is 0 Å². The van der Waals surface area contributed by atoms with E-state index in [-0.39, 0.29) is 28.6 Å². The predicted octanol–water partition coefficient (Wildman–Crippen LogP) is 4.12. The maximum absolute atomic E-state index is 13.2. The Hall–Kier alpha value is -3.76. The quantitative estimate of drug-likeness (QED) is 0.373. The Labute approximate surface area is 200 Å². The van der Waals surface area contributed by atoms with E-state index in [0.717, 1.165) is 4.88 Å². The number of nitrogens with one attached hydrogen (secondary N) is 2. The number of aryl methyl sites for hydroxylation is 1. The molecule has 0 unspecified atom stereocenters. The first-order valence-corrected chi connectivity index (χ1v) is 12.5. The standard InChI is InChI=1S/C24H21N3O5S2/c1-15-8-9-20(33-15)23(28)26-14-16-11-18(24(29)32-2)13-19(12-16)27-34(30,31)21-7-3-5-17-6-4-10-25-22(17)21/h3-13,27H,14H2,1-2H3,(H,26,28). The van der Waals surface area contributed by atoms with Crippen molar-refractivity contribution in [2.75, 3.05) is 11.8 Å². The highest BCUT2D eigenvalue weighted by atomic mass is 32.2. The molecule has 0 saturated carbocycles. The second-order valence-electron chi connectivity index (χ2n) is 7.44. The number of carbonyl (C=O) groups is 2. The van der Waals surface area contributed by atoms with E-state index in [1.807, 2.05) is 13.0 Å². The van der Waals surface area contributed by atoms with E-state index in [1.165, 1.54) is 36.8 Å². The second-order valence-corrected chi connectivity index (χ2v) is 10.4. The van der Waals surface area contributed by atoms with E-state index in [4.69, 9.17) is 4.74 Å². The van der Waals surface area contributed by atoms with Crippen LogP contribution < -0.4 is 10.0 Å². The van der Waals surface area contributed by atoms with Gasteiger partial charge in [0, 0.05) is 23.0 Å². The smallest absolute Gasteiger partial charge is 0.337 e. The van der Waals surface area contributed by atoms with Crippen molar-refractivity contribution in [3.05, 3.63) is 87.7 Å². The molecule has 8 nitrogen and oxygen atoms in total. The van der Waals surface area contributed by atoms with Crippen LogP contribution in [0, 0.1) is 6.92 Å². The molecule has 0 aliphatic rings. The summed E-state index contributed by atoms with van der Waals surface area (Å²) < 4.78 is 33.7. The van der Waals surface area contributed by atoms with Crippen LogP contribution >= 0.6 is 11.3 Å². The molecule has 1 amide bonds. The summed E-state index contributed by atoms with van der Waals surface area (Å²) in [7, 11) is -2.79. The van der Waals surface area contributed by atoms with Gasteiger partial charge >= 0.3 is 5.97 Å². The normalized spacial score (nSPS) is 11.2. The van der Waals surface area contributed by atoms with Crippen molar-refractivity contribution < 1.29 is 22.7 Å². The first kappa shape index (κ1) is 23.4. The van der Waals surface area contributed by atoms with Crippen molar-refractivity contribution in [3.8, 4) is 0 Å². The number of pyridine rings is 1. The number of hydrogen-bond donors (Lipinski definition) is 2. The predicted molar refractivity (Wildman–Crippen MR) is 131 cm³/mol. The minimum Gasteiger partial charge on any atom is -0.465 e. The van der Waals surface area contributed by atoms with Gasteiger partial charge in [0.05, 0.1) is 28.8 Å². The van der Waals surface area contributed by atoms with Crippen LogP contribution in [0.1, 0.15) is 30.5 Å². The van der Waals surface area contributed by atoms with Crippen molar-refractivity contribution in [2.24, 2.45) is 0 Å². The number of ether oxygens (including phenoxy) is 1. The third-order valence-electron chi connectivity index (χ3n) is 4.97. The van der Waals surface area contributed by atoms with Crippen LogP contribution in [0.4, 0.5) is 5.69 Å². The topological polar surface area (TPSA) is 114 Å². The average molecular weight is 496 g/mol. The van der Waals surface area contributed by atoms with Crippen LogP contribution in [0.3, 0.4) is 0 Å². The number of nitrogens with zero attached hydrogens (tertiary/aromatic N) is 1. The molecule has 0 aliphatic heterocycles. The SMILES string of the molecule is COC(=O)c1cc(CNC(=O)c2ccc(C)s2)cc(NS(=O)(=O)c2cccc3cccnc23)c1. The molecule has 0 spiro atoms. The van der Waals surface area contributed by atoms with Gasteiger partial charge in [-0.2, -0.15) is 0 Å². The maximum atomic E-state index is 13.2. The van der Waals surface area contributed by atoms with Gasteiger partial charge in [-0.3, -0.25) is 14.5 Å². The second kappa shape index (κ2) is 9.62. The molecule has 2 aromatic heterocycles. The summed E-state index contributed by atoms with van der Waals surface area (Å²) in [5.74, 6) is -0.889. The summed E-state index contributed by atoms with van der Waals surface area (Å²) in [4.78, 5) is 30.4. The lowest BCUT2D eigenvalue weighted by Gasteiger charge is -2.13. The van der Waals surface area contributed by atoms with Crippen molar-refractivity contribution >= 4 is 49.8 Å². The third kappa shape index (κ3) is 5.08. The molecular formula is C24H21N3O5S2. The Balaban J connectivity index is 1.64. The summed E-state index contributed by atoms with van der Waals surface area (Å²) in [5.41, 5.74) is 1.17. The van der Waals surface area contributed by atoms with E-state index in [9.17, 15) is 18.0 Å². The minimum absolute atomic E-state index is 0.0111. The fourth-order valence-corrected chi connectivity index (χ4v) is 5.42. The van der Waals surface area contributed by atoms with Gasteiger partial charge in [-0.05, 0) is 55.0 Å².